The number of halogens is 1. The summed E-state index contributed by atoms with van der Waals surface area (Å²) in [5, 5.41) is 9.66. The molecule has 1 heterocycles. The topological polar surface area (TPSA) is 40.5 Å². The van der Waals surface area contributed by atoms with Crippen LogP contribution in [0.2, 0.25) is 0 Å². The summed E-state index contributed by atoms with van der Waals surface area (Å²) in [6.45, 7) is 6.88. The first-order valence-electron chi connectivity index (χ1n) is 5.02. The molecule has 1 aliphatic heterocycles. The average Bonchev–Trinajstić information content (AvgIpc) is 2.43. The Morgan fingerprint density at radius 2 is 2.14 bits per heavy atom. The van der Waals surface area contributed by atoms with Gasteiger partial charge in [-0.2, -0.15) is 0 Å². The van der Waals surface area contributed by atoms with Crippen LogP contribution in [-0.4, -0.2) is 39.4 Å². The van der Waals surface area contributed by atoms with Gasteiger partial charge in [-0.25, -0.2) is 0 Å². The molecule has 4 heteroatoms. The van der Waals surface area contributed by atoms with E-state index in [9.17, 15) is 9.90 Å². The van der Waals surface area contributed by atoms with Crippen LogP contribution in [0.25, 0.3) is 0 Å². The number of carbonyl (C=O) groups excluding carboxylic acids is 1. The first-order valence-corrected chi connectivity index (χ1v) is 5.82. The quantitative estimate of drug-likeness (QED) is 0.766. The minimum atomic E-state index is -0.519. The Morgan fingerprint density at radius 3 is 2.50 bits per heavy atom. The van der Waals surface area contributed by atoms with Crippen LogP contribution < -0.4 is 0 Å². The number of aliphatic hydroxyl groups is 1. The summed E-state index contributed by atoms with van der Waals surface area (Å²) < 4.78 is -0.519. The Balaban J connectivity index is 2.62. The predicted molar refractivity (Wildman–Crippen MR) is 59.4 cm³/mol. The SMILES string of the molecule is CCC1CN(C(=O)C(C)(C)Br)CC1O. The normalized spacial score (nSPS) is 28.2. The van der Waals surface area contributed by atoms with E-state index >= 15 is 0 Å². The molecule has 0 spiro atoms. The number of aliphatic hydroxyl groups excluding tert-OH is 1. The highest BCUT2D eigenvalue weighted by Gasteiger charge is 2.37. The third-order valence-electron chi connectivity index (χ3n) is 2.73. The number of carbonyl (C=O) groups is 1. The molecule has 1 N–H and O–H groups in total. The maximum Gasteiger partial charge on any atom is 0.238 e. The van der Waals surface area contributed by atoms with Crippen LogP contribution in [0.1, 0.15) is 27.2 Å². The lowest BCUT2D eigenvalue weighted by Crippen LogP contribution is -2.40. The van der Waals surface area contributed by atoms with Crippen molar-refractivity contribution in [2.45, 2.75) is 37.6 Å². The van der Waals surface area contributed by atoms with Crippen LogP contribution in [0, 0.1) is 5.92 Å². The van der Waals surface area contributed by atoms with E-state index in [0.717, 1.165) is 6.42 Å². The zero-order valence-corrected chi connectivity index (χ0v) is 10.5. The molecule has 0 aromatic rings. The Hall–Kier alpha value is -0.0900. The molecule has 0 aliphatic carbocycles. The fourth-order valence-corrected chi connectivity index (χ4v) is 2.05. The Morgan fingerprint density at radius 1 is 1.57 bits per heavy atom. The predicted octanol–water partition coefficient (Wildman–Crippen LogP) is 1.39. The second kappa shape index (κ2) is 4.19. The number of β-amino-alcohol motifs (C(OH)–C–C–N with tert-alkyl or cyclic N) is 1. The minimum absolute atomic E-state index is 0.0625. The number of likely N-dealkylation sites (tertiary alicyclic amines) is 1. The fraction of sp³-hybridized carbons (Fsp3) is 0.900. The van der Waals surface area contributed by atoms with Gasteiger partial charge in [0, 0.05) is 19.0 Å². The Labute approximate surface area is 93.6 Å². The van der Waals surface area contributed by atoms with Gasteiger partial charge in [0.1, 0.15) is 0 Å². The second-order valence-electron chi connectivity index (χ2n) is 4.42. The van der Waals surface area contributed by atoms with Gasteiger partial charge in [0.15, 0.2) is 0 Å². The van der Waals surface area contributed by atoms with E-state index in [1.807, 2.05) is 20.8 Å². The van der Waals surface area contributed by atoms with Gasteiger partial charge in [0.05, 0.1) is 10.4 Å². The van der Waals surface area contributed by atoms with E-state index in [0.29, 0.717) is 13.1 Å². The van der Waals surface area contributed by atoms with E-state index in [2.05, 4.69) is 15.9 Å². The summed E-state index contributed by atoms with van der Waals surface area (Å²) in [5.74, 6) is 0.307. The zero-order chi connectivity index (χ0) is 10.9. The average molecular weight is 264 g/mol. The summed E-state index contributed by atoms with van der Waals surface area (Å²) in [6, 6.07) is 0. The lowest BCUT2D eigenvalue weighted by Gasteiger charge is -2.24. The summed E-state index contributed by atoms with van der Waals surface area (Å²) in [7, 11) is 0. The van der Waals surface area contributed by atoms with Gasteiger partial charge < -0.3 is 10.0 Å². The molecule has 82 valence electrons. The van der Waals surface area contributed by atoms with Crippen molar-refractivity contribution in [3.8, 4) is 0 Å². The van der Waals surface area contributed by atoms with Crippen molar-refractivity contribution < 1.29 is 9.90 Å². The number of amides is 1. The standard InChI is InChI=1S/C10H18BrNO2/c1-4-7-5-12(6-8(7)13)9(14)10(2,3)11/h7-8,13H,4-6H2,1-3H3. The van der Waals surface area contributed by atoms with Crippen LogP contribution in [0.15, 0.2) is 0 Å². The minimum Gasteiger partial charge on any atom is -0.391 e. The van der Waals surface area contributed by atoms with Gasteiger partial charge in [0.25, 0.3) is 0 Å². The van der Waals surface area contributed by atoms with Crippen molar-refractivity contribution in [2.75, 3.05) is 13.1 Å². The molecule has 0 radical (unpaired) electrons. The lowest BCUT2D eigenvalue weighted by atomic mass is 10.0. The fourth-order valence-electron chi connectivity index (χ4n) is 1.80. The summed E-state index contributed by atoms with van der Waals surface area (Å²) in [5.41, 5.74) is 0. The van der Waals surface area contributed by atoms with Gasteiger partial charge in [-0.1, -0.05) is 22.9 Å². The smallest absolute Gasteiger partial charge is 0.238 e. The highest BCUT2D eigenvalue weighted by molar-refractivity contribution is 9.10. The monoisotopic (exact) mass is 263 g/mol. The summed E-state index contributed by atoms with van der Waals surface area (Å²) in [4.78, 5) is 13.6. The molecular weight excluding hydrogens is 246 g/mol. The third-order valence-corrected chi connectivity index (χ3v) is 3.07. The van der Waals surface area contributed by atoms with Crippen LogP contribution >= 0.6 is 15.9 Å². The van der Waals surface area contributed by atoms with E-state index in [1.165, 1.54) is 0 Å². The molecule has 14 heavy (non-hydrogen) atoms. The molecule has 0 saturated carbocycles. The maximum atomic E-state index is 11.8. The van der Waals surface area contributed by atoms with Gasteiger partial charge in [-0.15, -0.1) is 0 Å². The van der Waals surface area contributed by atoms with Crippen LogP contribution in [0.5, 0.6) is 0 Å². The molecule has 0 aromatic heterocycles. The number of hydrogen-bond donors (Lipinski definition) is 1. The van der Waals surface area contributed by atoms with Crippen molar-refractivity contribution in [3.05, 3.63) is 0 Å². The second-order valence-corrected chi connectivity index (χ2v) is 6.40. The largest absolute Gasteiger partial charge is 0.391 e. The zero-order valence-electron chi connectivity index (χ0n) is 8.96. The van der Waals surface area contributed by atoms with Gasteiger partial charge in [-0.3, -0.25) is 4.79 Å². The number of rotatable bonds is 2. The van der Waals surface area contributed by atoms with Crippen molar-refractivity contribution in [3.63, 3.8) is 0 Å². The van der Waals surface area contributed by atoms with E-state index in [1.54, 1.807) is 4.90 Å². The molecule has 2 atom stereocenters. The van der Waals surface area contributed by atoms with E-state index < -0.39 is 4.32 Å². The molecule has 2 unspecified atom stereocenters. The van der Waals surface area contributed by atoms with Gasteiger partial charge in [0.2, 0.25) is 5.91 Å². The number of nitrogens with zero attached hydrogens (tertiary/aromatic N) is 1. The molecule has 1 saturated heterocycles. The van der Waals surface area contributed by atoms with Crippen molar-refractivity contribution in [2.24, 2.45) is 5.92 Å². The molecule has 3 nitrogen and oxygen atoms in total. The number of alkyl halides is 1. The molecule has 0 bridgehead atoms. The molecular formula is C10H18BrNO2. The van der Waals surface area contributed by atoms with Gasteiger partial charge in [-0.05, 0) is 20.3 Å². The molecule has 1 aliphatic rings. The van der Waals surface area contributed by atoms with Crippen LogP contribution in [0.4, 0.5) is 0 Å². The van der Waals surface area contributed by atoms with Crippen molar-refractivity contribution in [1.29, 1.82) is 0 Å². The molecule has 0 aromatic carbocycles. The number of hydrogen-bond acceptors (Lipinski definition) is 2. The Bertz CT molecular complexity index is 225. The van der Waals surface area contributed by atoms with E-state index in [-0.39, 0.29) is 17.9 Å². The Kier molecular flexibility index (Phi) is 3.58. The summed E-state index contributed by atoms with van der Waals surface area (Å²) >= 11 is 3.34. The van der Waals surface area contributed by atoms with Gasteiger partial charge >= 0.3 is 0 Å². The highest BCUT2D eigenvalue weighted by atomic mass is 79.9. The van der Waals surface area contributed by atoms with Crippen molar-refractivity contribution in [1.82, 2.24) is 4.90 Å². The third kappa shape index (κ3) is 2.48. The van der Waals surface area contributed by atoms with Crippen molar-refractivity contribution >= 4 is 21.8 Å². The molecule has 1 amide bonds. The lowest BCUT2D eigenvalue weighted by molar-refractivity contribution is -0.132. The molecule has 1 fully saturated rings. The first kappa shape index (κ1) is 12.0. The van der Waals surface area contributed by atoms with Crippen LogP contribution in [0.3, 0.4) is 0 Å². The maximum absolute atomic E-state index is 11.8. The first-order chi connectivity index (χ1) is 6.36. The highest BCUT2D eigenvalue weighted by Crippen LogP contribution is 2.26. The van der Waals surface area contributed by atoms with Crippen LogP contribution in [-0.2, 0) is 4.79 Å². The summed E-state index contributed by atoms with van der Waals surface area (Å²) in [6.07, 6.45) is 0.576. The van der Waals surface area contributed by atoms with E-state index in [4.69, 9.17) is 0 Å². The molecule has 1 rings (SSSR count).